The molecule has 3 aromatic rings. The summed E-state index contributed by atoms with van der Waals surface area (Å²) in [6.45, 7) is 3.67. The van der Waals surface area contributed by atoms with Crippen molar-refractivity contribution >= 4 is 44.9 Å². The van der Waals surface area contributed by atoms with Crippen LogP contribution in [-0.4, -0.2) is 40.3 Å². The van der Waals surface area contributed by atoms with Gasteiger partial charge >= 0.3 is 5.97 Å². The molecule has 0 spiro atoms. The number of aryl methyl sites for hydroxylation is 3. The maximum Gasteiger partial charge on any atom is 0.306 e. The standard InChI is InChI=1S/C26H27N3O5S/c1-14(24(32)17-7-8-19-16(13-17)11-12-29(19)15(2)30)34-22(31)10-9-21-27-25(33)23-18-5-3-4-6-20(18)35-26(23)28-21/h7-8,13-14H,3-6,9-12H2,1-2H3,(H,27,28,33)/t14-/m1/s1. The highest BCUT2D eigenvalue weighted by Crippen LogP contribution is 2.33. The summed E-state index contributed by atoms with van der Waals surface area (Å²) in [7, 11) is 0. The molecule has 1 aromatic carbocycles. The Morgan fingerprint density at radius 1 is 1.20 bits per heavy atom. The van der Waals surface area contributed by atoms with Gasteiger partial charge in [-0.15, -0.1) is 11.3 Å². The number of nitrogens with zero attached hydrogens (tertiary/aromatic N) is 2. The van der Waals surface area contributed by atoms with E-state index in [-0.39, 0.29) is 30.1 Å². The number of carbonyl (C=O) groups excluding carboxylic acids is 3. The molecule has 2 aliphatic rings. The van der Waals surface area contributed by atoms with E-state index >= 15 is 0 Å². The predicted octanol–water partition coefficient (Wildman–Crippen LogP) is 3.52. The van der Waals surface area contributed by atoms with Gasteiger partial charge in [-0.05, 0) is 68.4 Å². The van der Waals surface area contributed by atoms with Gasteiger partial charge in [0, 0.05) is 36.0 Å². The summed E-state index contributed by atoms with van der Waals surface area (Å²) >= 11 is 1.57. The number of H-pyrrole nitrogens is 1. The van der Waals surface area contributed by atoms with Gasteiger partial charge in [0.05, 0.1) is 11.8 Å². The van der Waals surface area contributed by atoms with Crippen LogP contribution in [0, 0.1) is 0 Å². The molecule has 0 radical (unpaired) electrons. The Hall–Kier alpha value is -3.33. The minimum atomic E-state index is -0.940. The number of thiophene rings is 1. The van der Waals surface area contributed by atoms with E-state index in [1.807, 2.05) is 0 Å². The summed E-state index contributed by atoms with van der Waals surface area (Å²) in [5, 5.41) is 0.691. The van der Waals surface area contributed by atoms with Crippen molar-refractivity contribution in [3.05, 3.63) is 55.9 Å². The fourth-order valence-corrected chi connectivity index (χ4v) is 6.25. The van der Waals surface area contributed by atoms with Crippen molar-refractivity contribution in [2.45, 2.75) is 64.9 Å². The highest BCUT2D eigenvalue weighted by molar-refractivity contribution is 7.18. The highest BCUT2D eigenvalue weighted by atomic mass is 32.1. The van der Waals surface area contributed by atoms with E-state index in [1.54, 1.807) is 41.4 Å². The molecule has 0 saturated carbocycles. The molecule has 9 heteroatoms. The number of Topliss-reactive ketones (excluding diaryl/α,β-unsaturated/α-hetero) is 1. The zero-order chi connectivity index (χ0) is 24.7. The van der Waals surface area contributed by atoms with Crippen LogP contribution in [0.2, 0.25) is 0 Å². The van der Waals surface area contributed by atoms with E-state index in [1.165, 1.54) is 11.8 Å². The minimum Gasteiger partial charge on any atom is -0.454 e. The summed E-state index contributed by atoms with van der Waals surface area (Å²) < 4.78 is 5.38. The van der Waals surface area contributed by atoms with Crippen LogP contribution in [0.15, 0.2) is 23.0 Å². The number of aromatic amines is 1. The van der Waals surface area contributed by atoms with E-state index in [4.69, 9.17) is 4.74 Å². The first-order valence-electron chi connectivity index (χ1n) is 12.0. The van der Waals surface area contributed by atoms with E-state index in [0.29, 0.717) is 29.7 Å². The number of ketones is 1. The third-order valence-electron chi connectivity index (χ3n) is 6.76. The minimum absolute atomic E-state index is 0.00884. The lowest BCUT2D eigenvalue weighted by atomic mass is 9.97. The number of hydrogen-bond donors (Lipinski definition) is 1. The number of benzene rings is 1. The van der Waals surface area contributed by atoms with Gasteiger partial charge in [-0.3, -0.25) is 19.2 Å². The van der Waals surface area contributed by atoms with Crippen LogP contribution in [0.5, 0.6) is 0 Å². The molecular weight excluding hydrogens is 466 g/mol. The van der Waals surface area contributed by atoms with Crippen molar-refractivity contribution in [3.63, 3.8) is 0 Å². The fourth-order valence-electron chi connectivity index (χ4n) is 4.97. The number of aromatic nitrogens is 2. The second-order valence-electron chi connectivity index (χ2n) is 9.16. The van der Waals surface area contributed by atoms with Gasteiger partial charge < -0.3 is 14.6 Å². The third-order valence-corrected chi connectivity index (χ3v) is 7.94. The molecule has 1 amide bonds. The van der Waals surface area contributed by atoms with Gasteiger partial charge in [0.1, 0.15) is 10.7 Å². The van der Waals surface area contributed by atoms with Gasteiger partial charge in [0.15, 0.2) is 6.10 Å². The molecular formula is C26H27N3O5S. The molecule has 5 rings (SSSR count). The maximum atomic E-state index is 12.8. The average molecular weight is 494 g/mol. The van der Waals surface area contributed by atoms with Crippen molar-refractivity contribution < 1.29 is 19.1 Å². The van der Waals surface area contributed by atoms with Crippen molar-refractivity contribution in [2.24, 2.45) is 0 Å². The number of nitrogens with one attached hydrogen (secondary N) is 1. The van der Waals surface area contributed by atoms with E-state index in [9.17, 15) is 19.2 Å². The first kappa shape index (κ1) is 23.4. The average Bonchev–Trinajstić information content (AvgIpc) is 3.43. The first-order chi connectivity index (χ1) is 16.8. The van der Waals surface area contributed by atoms with Crippen LogP contribution in [0.3, 0.4) is 0 Å². The van der Waals surface area contributed by atoms with Crippen molar-refractivity contribution in [2.75, 3.05) is 11.4 Å². The van der Waals surface area contributed by atoms with Crippen LogP contribution in [-0.2, 0) is 40.0 Å². The molecule has 182 valence electrons. The second-order valence-corrected chi connectivity index (χ2v) is 10.2. The molecule has 0 fully saturated rings. The Kier molecular flexibility index (Phi) is 6.27. The number of hydrogen-bond acceptors (Lipinski definition) is 7. The van der Waals surface area contributed by atoms with Crippen molar-refractivity contribution in [1.82, 2.24) is 9.97 Å². The monoisotopic (exact) mass is 493 g/mol. The Labute approximate surface area is 206 Å². The van der Waals surface area contributed by atoms with Crippen LogP contribution < -0.4 is 10.5 Å². The molecule has 0 bridgehead atoms. The van der Waals surface area contributed by atoms with E-state index in [0.717, 1.165) is 47.3 Å². The largest absolute Gasteiger partial charge is 0.454 e. The Morgan fingerprint density at radius 3 is 2.80 bits per heavy atom. The predicted molar refractivity (Wildman–Crippen MR) is 133 cm³/mol. The molecule has 1 N–H and O–H groups in total. The van der Waals surface area contributed by atoms with Crippen LogP contribution in [0.25, 0.3) is 10.2 Å². The smallest absolute Gasteiger partial charge is 0.306 e. The molecule has 8 nitrogen and oxygen atoms in total. The number of esters is 1. The molecule has 1 aliphatic carbocycles. The topological polar surface area (TPSA) is 109 Å². The first-order valence-corrected chi connectivity index (χ1v) is 12.8. The van der Waals surface area contributed by atoms with Crippen LogP contribution >= 0.6 is 11.3 Å². The summed E-state index contributed by atoms with van der Waals surface area (Å²) in [6.07, 6.45) is 4.11. The summed E-state index contributed by atoms with van der Waals surface area (Å²) in [5.41, 5.74) is 3.19. The van der Waals surface area contributed by atoms with E-state index in [2.05, 4.69) is 9.97 Å². The Balaban J connectivity index is 1.21. The van der Waals surface area contributed by atoms with Crippen LogP contribution in [0.4, 0.5) is 5.69 Å². The van der Waals surface area contributed by atoms with Gasteiger partial charge in [0.25, 0.3) is 5.56 Å². The molecule has 0 unspecified atom stereocenters. The van der Waals surface area contributed by atoms with Crippen molar-refractivity contribution in [1.29, 1.82) is 0 Å². The zero-order valence-corrected chi connectivity index (χ0v) is 20.6. The fraction of sp³-hybridized carbons (Fsp3) is 0.423. The number of anilines is 1. The number of amides is 1. The number of rotatable bonds is 6. The van der Waals surface area contributed by atoms with E-state index < -0.39 is 12.1 Å². The summed E-state index contributed by atoms with van der Waals surface area (Å²) in [4.78, 5) is 60.7. The lowest BCUT2D eigenvalue weighted by Crippen LogP contribution is -2.26. The Morgan fingerprint density at radius 2 is 2.00 bits per heavy atom. The normalized spacial score (nSPS) is 15.5. The molecule has 1 aliphatic heterocycles. The van der Waals surface area contributed by atoms with Gasteiger partial charge in [-0.2, -0.15) is 0 Å². The molecule has 3 heterocycles. The summed E-state index contributed by atoms with van der Waals surface area (Å²) in [6, 6.07) is 5.21. The van der Waals surface area contributed by atoms with Gasteiger partial charge in [-0.1, -0.05) is 0 Å². The maximum absolute atomic E-state index is 12.8. The van der Waals surface area contributed by atoms with Gasteiger partial charge in [0.2, 0.25) is 11.7 Å². The number of carbonyl (C=O) groups is 3. The lowest BCUT2D eigenvalue weighted by Gasteiger charge is -2.16. The Bertz CT molecular complexity index is 1410. The number of ether oxygens (including phenoxy) is 1. The molecule has 2 aromatic heterocycles. The summed E-state index contributed by atoms with van der Waals surface area (Å²) in [5.74, 6) is -0.396. The highest BCUT2D eigenvalue weighted by Gasteiger charge is 2.26. The SMILES string of the molecule is CC(=O)N1CCc2cc(C(=O)[C@@H](C)OC(=O)CCc3nc4sc5c(c4c(=O)[nH]3)CCCC5)ccc21. The third kappa shape index (κ3) is 4.52. The van der Waals surface area contributed by atoms with Crippen LogP contribution in [0.1, 0.15) is 65.3 Å². The lowest BCUT2D eigenvalue weighted by molar-refractivity contribution is -0.146. The molecule has 1 atom stereocenters. The molecule has 35 heavy (non-hydrogen) atoms. The molecule has 0 saturated heterocycles. The van der Waals surface area contributed by atoms with Crippen molar-refractivity contribution in [3.8, 4) is 0 Å². The second kappa shape index (κ2) is 9.37. The van der Waals surface area contributed by atoms with Gasteiger partial charge in [-0.25, -0.2) is 4.98 Å². The quantitative estimate of drug-likeness (QED) is 0.416. The zero-order valence-electron chi connectivity index (χ0n) is 19.8. The number of fused-ring (bicyclic) bond motifs is 4.